The number of nitrogens with two attached hydrogens (primary N) is 2. The van der Waals surface area contributed by atoms with Gasteiger partial charge in [0.25, 0.3) is 5.69 Å². The molecule has 0 atom stereocenters. The molecule has 120 valence electrons. The number of hydrogen-bond acceptors (Lipinski definition) is 5. The van der Waals surface area contributed by atoms with Gasteiger partial charge in [0, 0.05) is 6.07 Å². The largest absolute Gasteiger partial charge is 0.397 e. The third-order valence-corrected chi connectivity index (χ3v) is 3.73. The first-order chi connectivity index (χ1) is 11.6. The lowest BCUT2D eigenvalue weighted by Crippen LogP contribution is -2.25. The maximum atomic E-state index is 11.2. The second-order valence-corrected chi connectivity index (χ2v) is 5.25. The van der Waals surface area contributed by atoms with Crippen LogP contribution in [0.2, 0.25) is 0 Å². The summed E-state index contributed by atoms with van der Waals surface area (Å²) < 4.78 is 0. The van der Waals surface area contributed by atoms with Gasteiger partial charge in [0.15, 0.2) is 0 Å². The predicted octanol–water partition coefficient (Wildman–Crippen LogP) is 3.86. The Labute approximate surface area is 139 Å². The maximum absolute atomic E-state index is 11.2. The first-order valence-electron chi connectivity index (χ1n) is 7.31. The molecule has 0 saturated heterocycles. The number of rotatable bonds is 4. The van der Waals surface area contributed by atoms with E-state index in [-0.39, 0.29) is 5.69 Å². The number of nitrogen functional groups attached to an aromatic ring is 1. The Morgan fingerprint density at radius 2 is 1.58 bits per heavy atom. The molecule has 6 nitrogen and oxygen atoms in total. The zero-order valence-corrected chi connectivity index (χ0v) is 12.8. The molecule has 6 heteroatoms. The fourth-order valence-electron chi connectivity index (χ4n) is 2.55. The summed E-state index contributed by atoms with van der Waals surface area (Å²) in [4.78, 5) is 10.8. The van der Waals surface area contributed by atoms with Crippen LogP contribution in [-0.4, -0.2) is 4.92 Å². The molecule has 0 aliphatic heterocycles. The Hall–Kier alpha value is -3.38. The minimum atomic E-state index is -0.404. The van der Waals surface area contributed by atoms with Crippen molar-refractivity contribution in [2.24, 2.45) is 5.84 Å². The van der Waals surface area contributed by atoms with Crippen molar-refractivity contribution in [2.75, 3.05) is 10.7 Å². The molecule has 0 aliphatic carbocycles. The molecule has 0 bridgehead atoms. The fraction of sp³-hybridized carbons (Fsp3) is 0. The number of nitro groups is 1. The molecule has 0 heterocycles. The van der Waals surface area contributed by atoms with Crippen LogP contribution < -0.4 is 16.6 Å². The van der Waals surface area contributed by atoms with Crippen molar-refractivity contribution in [3.05, 3.63) is 82.9 Å². The van der Waals surface area contributed by atoms with Gasteiger partial charge in [-0.15, -0.1) is 0 Å². The van der Waals surface area contributed by atoms with E-state index in [1.807, 2.05) is 30.3 Å². The Morgan fingerprint density at radius 3 is 2.25 bits per heavy atom. The van der Waals surface area contributed by atoms with E-state index >= 15 is 0 Å². The molecule has 0 unspecified atom stereocenters. The molecule has 3 aromatic carbocycles. The molecule has 0 radical (unpaired) electrons. The third kappa shape index (κ3) is 2.90. The van der Waals surface area contributed by atoms with Crippen LogP contribution in [0.15, 0.2) is 72.8 Å². The molecular weight excluding hydrogens is 304 g/mol. The SMILES string of the molecule is Nc1cc(-c2ccccc2[N+](=O)[O-])ccc1N(N)c1ccccc1. The molecule has 0 spiro atoms. The maximum Gasteiger partial charge on any atom is 0.277 e. The first kappa shape index (κ1) is 15.5. The van der Waals surface area contributed by atoms with Gasteiger partial charge < -0.3 is 5.73 Å². The number of nitrogens with zero attached hydrogens (tertiary/aromatic N) is 2. The van der Waals surface area contributed by atoms with Gasteiger partial charge in [-0.25, -0.2) is 5.84 Å². The average Bonchev–Trinajstić information content (AvgIpc) is 2.62. The first-order valence-corrected chi connectivity index (χ1v) is 7.31. The minimum Gasteiger partial charge on any atom is -0.397 e. The van der Waals surface area contributed by atoms with E-state index in [9.17, 15) is 10.1 Å². The number of anilines is 3. The quantitative estimate of drug-likeness (QED) is 0.329. The van der Waals surface area contributed by atoms with E-state index in [0.717, 1.165) is 5.69 Å². The smallest absolute Gasteiger partial charge is 0.277 e. The molecule has 0 saturated carbocycles. The molecule has 0 fully saturated rings. The van der Waals surface area contributed by atoms with Gasteiger partial charge in [-0.3, -0.25) is 15.1 Å². The van der Waals surface area contributed by atoms with Gasteiger partial charge in [0.1, 0.15) is 0 Å². The predicted molar refractivity (Wildman–Crippen MR) is 95.7 cm³/mol. The average molecular weight is 320 g/mol. The van der Waals surface area contributed by atoms with E-state index < -0.39 is 4.92 Å². The van der Waals surface area contributed by atoms with Crippen molar-refractivity contribution >= 4 is 22.7 Å². The number of hydrogen-bond donors (Lipinski definition) is 2. The second kappa shape index (κ2) is 6.39. The summed E-state index contributed by atoms with van der Waals surface area (Å²) in [6.45, 7) is 0. The van der Waals surface area contributed by atoms with Crippen molar-refractivity contribution in [1.82, 2.24) is 0 Å². The van der Waals surface area contributed by atoms with Crippen molar-refractivity contribution < 1.29 is 4.92 Å². The lowest BCUT2D eigenvalue weighted by atomic mass is 10.0. The van der Waals surface area contributed by atoms with Crippen LogP contribution in [0.25, 0.3) is 11.1 Å². The summed E-state index contributed by atoms with van der Waals surface area (Å²) in [7, 11) is 0. The van der Waals surface area contributed by atoms with Crippen LogP contribution in [0, 0.1) is 10.1 Å². The number of hydrazine groups is 1. The van der Waals surface area contributed by atoms with Crippen LogP contribution in [0.3, 0.4) is 0 Å². The molecule has 24 heavy (non-hydrogen) atoms. The van der Waals surface area contributed by atoms with E-state index in [1.165, 1.54) is 11.1 Å². The molecule has 3 rings (SSSR count). The number of benzene rings is 3. The van der Waals surface area contributed by atoms with Crippen molar-refractivity contribution in [2.45, 2.75) is 0 Å². The van der Waals surface area contributed by atoms with Crippen molar-refractivity contribution in [3.63, 3.8) is 0 Å². The second-order valence-electron chi connectivity index (χ2n) is 5.25. The number of para-hydroxylation sites is 2. The van der Waals surface area contributed by atoms with Crippen LogP contribution in [-0.2, 0) is 0 Å². The van der Waals surface area contributed by atoms with Crippen LogP contribution >= 0.6 is 0 Å². The highest BCUT2D eigenvalue weighted by Crippen LogP contribution is 2.35. The Bertz CT molecular complexity index is 881. The zero-order valence-electron chi connectivity index (χ0n) is 12.8. The molecule has 0 aliphatic rings. The zero-order chi connectivity index (χ0) is 17.1. The van der Waals surface area contributed by atoms with Crippen LogP contribution in [0.5, 0.6) is 0 Å². The van der Waals surface area contributed by atoms with Crippen LogP contribution in [0.1, 0.15) is 0 Å². The molecule has 3 aromatic rings. The van der Waals surface area contributed by atoms with E-state index in [1.54, 1.807) is 36.4 Å². The summed E-state index contributed by atoms with van der Waals surface area (Å²) in [6, 6.07) is 21.2. The van der Waals surface area contributed by atoms with Gasteiger partial charge in [-0.05, 0) is 35.9 Å². The normalized spacial score (nSPS) is 10.4. The Morgan fingerprint density at radius 1 is 0.917 bits per heavy atom. The van der Waals surface area contributed by atoms with Crippen molar-refractivity contribution in [3.8, 4) is 11.1 Å². The van der Waals surface area contributed by atoms with Gasteiger partial charge in [0.05, 0.1) is 27.5 Å². The highest BCUT2D eigenvalue weighted by Gasteiger charge is 2.16. The van der Waals surface area contributed by atoms with Crippen molar-refractivity contribution in [1.29, 1.82) is 0 Å². The minimum absolute atomic E-state index is 0.0392. The standard InChI is InChI=1S/C18H16N4O2/c19-16-12-13(15-8-4-5-9-17(15)22(23)24)10-11-18(16)21(20)14-6-2-1-3-7-14/h1-12H,19-20H2. The summed E-state index contributed by atoms with van der Waals surface area (Å²) in [5.41, 5.74) is 9.22. The van der Waals surface area contributed by atoms with E-state index in [2.05, 4.69) is 0 Å². The molecular formula is C18H16N4O2. The third-order valence-electron chi connectivity index (χ3n) is 3.73. The summed E-state index contributed by atoms with van der Waals surface area (Å²) in [5.74, 6) is 6.13. The fourth-order valence-corrected chi connectivity index (χ4v) is 2.55. The highest BCUT2D eigenvalue weighted by atomic mass is 16.6. The monoisotopic (exact) mass is 320 g/mol. The van der Waals surface area contributed by atoms with Gasteiger partial charge >= 0.3 is 0 Å². The van der Waals surface area contributed by atoms with Crippen LogP contribution in [0.4, 0.5) is 22.7 Å². The van der Waals surface area contributed by atoms with E-state index in [4.69, 9.17) is 11.6 Å². The number of nitro benzene ring substituents is 1. The molecule has 0 amide bonds. The van der Waals surface area contributed by atoms with Gasteiger partial charge in [-0.1, -0.05) is 36.4 Å². The molecule has 0 aromatic heterocycles. The summed E-state index contributed by atoms with van der Waals surface area (Å²) in [5, 5.41) is 12.7. The summed E-state index contributed by atoms with van der Waals surface area (Å²) >= 11 is 0. The van der Waals surface area contributed by atoms with Gasteiger partial charge in [-0.2, -0.15) is 0 Å². The highest BCUT2D eigenvalue weighted by molar-refractivity contribution is 5.82. The van der Waals surface area contributed by atoms with Gasteiger partial charge in [0.2, 0.25) is 0 Å². The lowest BCUT2D eigenvalue weighted by molar-refractivity contribution is -0.384. The summed E-state index contributed by atoms with van der Waals surface area (Å²) in [6.07, 6.45) is 0. The van der Waals surface area contributed by atoms with E-state index in [0.29, 0.717) is 22.5 Å². The lowest BCUT2D eigenvalue weighted by Gasteiger charge is -2.21. The Balaban J connectivity index is 2.01. The molecule has 4 N–H and O–H groups in total. The topological polar surface area (TPSA) is 98.4 Å². The Kier molecular flexibility index (Phi) is 4.13.